The molecule has 4 N–H and O–H groups in total. The summed E-state index contributed by atoms with van der Waals surface area (Å²) in [6, 6.07) is 4.52. The Hall–Kier alpha value is -4.17. The molecule has 44 heavy (non-hydrogen) atoms. The average molecular weight is 629 g/mol. The predicted octanol–water partition coefficient (Wildman–Crippen LogP) is 4.67. The van der Waals surface area contributed by atoms with Crippen molar-refractivity contribution in [2.45, 2.75) is 52.6 Å². The number of hydrogen-bond donors (Lipinski definition) is 4. The summed E-state index contributed by atoms with van der Waals surface area (Å²) in [5, 5.41) is 35.5. The first-order chi connectivity index (χ1) is 20.6. The average Bonchev–Trinajstić information content (AvgIpc) is 2.95. The van der Waals surface area contributed by atoms with Crippen LogP contribution in [0.25, 0.3) is 0 Å². The maximum absolute atomic E-state index is 13.7. The number of alkyl halides is 3. The third-order valence-corrected chi connectivity index (χ3v) is 6.82. The number of morpholine rings is 1. The molecule has 0 amide bonds. The highest BCUT2D eigenvalue weighted by atomic mass is 19.4. The molecule has 0 atom stereocenters. The van der Waals surface area contributed by atoms with E-state index in [-0.39, 0.29) is 28.1 Å². The van der Waals surface area contributed by atoms with Gasteiger partial charge in [-0.15, -0.1) is 0 Å². The van der Waals surface area contributed by atoms with Crippen molar-refractivity contribution in [1.29, 1.82) is 0 Å². The largest absolute Gasteiger partial charge is 0.478 e. The Kier molecular flexibility index (Phi) is 15.3. The Morgan fingerprint density at radius 2 is 1.30 bits per heavy atom. The Morgan fingerprint density at radius 1 is 0.841 bits per heavy atom. The molecule has 0 radical (unpaired) electrons. The number of rotatable bonds is 9. The lowest BCUT2D eigenvalue weighted by atomic mass is 9.78. The van der Waals surface area contributed by atoms with Gasteiger partial charge in [0, 0.05) is 49.7 Å². The summed E-state index contributed by atoms with van der Waals surface area (Å²) in [4.78, 5) is 47.2. The molecular weight excluding hydrogens is 589 g/mol. The highest BCUT2D eigenvalue weighted by Gasteiger charge is 2.43. The standard InChI is InChI=1S/C22H25F3N2O5.C4H4O4.C4H10/c1-13-17(20(28)29)19(15-5-3-4-6-16(15)22(23,24)25)18(21(30)31)14(2)27(13)8-7-26-9-11-32-12-10-26;5-3(6)1-2-4(7)8;1-3-4-2/h3-6,19H,7-12H2,1-2H3,(H,28,29)(H,30,31);1-2H,(H,5,6)(H,7,8);3-4H2,1-2H3/b;2-1-;. The number of allylic oxidation sites excluding steroid dienone is 2. The van der Waals surface area contributed by atoms with E-state index in [0.29, 0.717) is 51.5 Å². The molecule has 2 aliphatic heterocycles. The zero-order valence-electron chi connectivity index (χ0n) is 25.1. The second-order valence-corrected chi connectivity index (χ2v) is 9.74. The van der Waals surface area contributed by atoms with Gasteiger partial charge in [0.2, 0.25) is 0 Å². The molecule has 2 aliphatic rings. The molecule has 2 heterocycles. The van der Waals surface area contributed by atoms with Crippen LogP contribution in [0.4, 0.5) is 13.2 Å². The molecule has 0 saturated carbocycles. The van der Waals surface area contributed by atoms with Crippen LogP contribution < -0.4 is 0 Å². The lowest BCUT2D eigenvalue weighted by Crippen LogP contribution is -2.42. The monoisotopic (exact) mass is 628 g/mol. The van der Waals surface area contributed by atoms with Gasteiger partial charge in [0.25, 0.3) is 0 Å². The van der Waals surface area contributed by atoms with Crippen LogP contribution in [0, 0.1) is 0 Å². The van der Waals surface area contributed by atoms with E-state index in [1.54, 1.807) is 4.90 Å². The van der Waals surface area contributed by atoms with E-state index < -0.39 is 41.5 Å². The van der Waals surface area contributed by atoms with E-state index in [1.807, 2.05) is 0 Å². The van der Waals surface area contributed by atoms with Crippen molar-refractivity contribution < 1.29 is 57.5 Å². The number of carbonyl (C=O) groups is 4. The maximum Gasteiger partial charge on any atom is 0.416 e. The SMILES string of the molecule is CC1=C(C(=O)O)C(c2ccccc2C(F)(F)F)C(C(=O)O)=C(C)N1CCN1CCOCC1.CCCC.O=C(O)/C=C\C(=O)O. The summed E-state index contributed by atoms with van der Waals surface area (Å²) < 4.78 is 46.4. The van der Waals surface area contributed by atoms with Gasteiger partial charge in [-0.3, -0.25) is 4.90 Å². The van der Waals surface area contributed by atoms with Gasteiger partial charge in [-0.05, 0) is 25.5 Å². The van der Waals surface area contributed by atoms with E-state index in [0.717, 1.165) is 12.1 Å². The smallest absolute Gasteiger partial charge is 0.416 e. The minimum Gasteiger partial charge on any atom is -0.478 e. The van der Waals surface area contributed by atoms with Crippen molar-refractivity contribution in [2.24, 2.45) is 0 Å². The van der Waals surface area contributed by atoms with Crippen molar-refractivity contribution in [3.8, 4) is 0 Å². The quantitative estimate of drug-likeness (QED) is 0.281. The fourth-order valence-corrected chi connectivity index (χ4v) is 4.52. The Balaban J connectivity index is 0.000000683. The molecule has 0 spiro atoms. The highest BCUT2D eigenvalue weighted by molar-refractivity contribution is 5.98. The minimum atomic E-state index is -4.76. The lowest BCUT2D eigenvalue weighted by Gasteiger charge is -2.39. The van der Waals surface area contributed by atoms with Crippen molar-refractivity contribution >= 4 is 23.9 Å². The number of carboxylic acid groups (broad SMARTS) is 4. The zero-order valence-corrected chi connectivity index (χ0v) is 25.1. The predicted molar refractivity (Wildman–Crippen MR) is 154 cm³/mol. The van der Waals surface area contributed by atoms with Gasteiger partial charge < -0.3 is 30.1 Å². The van der Waals surface area contributed by atoms with Gasteiger partial charge in [-0.25, -0.2) is 19.2 Å². The lowest BCUT2D eigenvalue weighted by molar-refractivity contribution is -0.139. The normalized spacial score (nSPS) is 16.2. The van der Waals surface area contributed by atoms with E-state index in [4.69, 9.17) is 14.9 Å². The molecule has 1 fully saturated rings. The van der Waals surface area contributed by atoms with Crippen LogP contribution in [-0.2, 0) is 30.1 Å². The fourth-order valence-electron chi connectivity index (χ4n) is 4.52. The third kappa shape index (κ3) is 11.2. The summed E-state index contributed by atoms with van der Waals surface area (Å²) >= 11 is 0. The molecule has 14 heteroatoms. The number of carboxylic acids is 4. The van der Waals surface area contributed by atoms with Gasteiger partial charge in [-0.1, -0.05) is 44.9 Å². The third-order valence-electron chi connectivity index (χ3n) is 6.82. The van der Waals surface area contributed by atoms with Crippen LogP contribution in [0.15, 0.2) is 59.0 Å². The number of hydrogen-bond acceptors (Lipinski definition) is 7. The Labute approximate surface area is 253 Å². The molecule has 1 saturated heterocycles. The van der Waals surface area contributed by atoms with Gasteiger partial charge in [0.15, 0.2) is 0 Å². The molecule has 244 valence electrons. The molecule has 1 aromatic carbocycles. The van der Waals surface area contributed by atoms with Crippen LogP contribution in [0.2, 0.25) is 0 Å². The number of benzene rings is 1. The summed E-state index contributed by atoms with van der Waals surface area (Å²) in [5.41, 5.74) is -1.71. The second kappa shape index (κ2) is 17.8. The molecule has 0 bridgehead atoms. The number of nitrogens with zero attached hydrogens (tertiary/aromatic N) is 2. The minimum absolute atomic E-state index is 0.232. The number of halogens is 3. The number of unbranched alkanes of at least 4 members (excludes halogenated alkanes) is 1. The van der Waals surface area contributed by atoms with Crippen LogP contribution in [-0.4, -0.2) is 93.5 Å². The van der Waals surface area contributed by atoms with E-state index in [9.17, 15) is 42.6 Å². The van der Waals surface area contributed by atoms with E-state index >= 15 is 0 Å². The van der Waals surface area contributed by atoms with Crippen LogP contribution in [0.3, 0.4) is 0 Å². The Morgan fingerprint density at radius 3 is 1.68 bits per heavy atom. The molecule has 0 unspecified atom stereocenters. The fraction of sp³-hybridized carbons (Fsp3) is 0.467. The first-order valence-electron chi connectivity index (χ1n) is 13.8. The summed E-state index contributed by atoms with van der Waals surface area (Å²) in [7, 11) is 0. The van der Waals surface area contributed by atoms with Crippen LogP contribution in [0.5, 0.6) is 0 Å². The van der Waals surface area contributed by atoms with E-state index in [2.05, 4.69) is 18.7 Å². The van der Waals surface area contributed by atoms with E-state index in [1.165, 1.54) is 38.8 Å². The zero-order chi connectivity index (χ0) is 33.6. The molecule has 1 aromatic rings. The van der Waals surface area contributed by atoms with Crippen LogP contribution >= 0.6 is 0 Å². The molecule has 11 nitrogen and oxygen atoms in total. The maximum atomic E-state index is 13.7. The van der Waals surface area contributed by atoms with Gasteiger partial charge in [0.05, 0.1) is 35.8 Å². The second-order valence-electron chi connectivity index (χ2n) is 9.74. The van der Waals surface area contributed by atoms with Crippen molar-refractivity contribution in [2.75, 3.05) is 39.4 Å². The summed E-state index contributed by atoms with van der Waals surface area (Å²) in [6.45, 7) is 10.7. The molecule has 3 rings (SSSR count). The number of aliphatic carboxylic acids is 4. The van der Waals surface area contributed by atoms with Crippen molar-refractivity contribution in [3.63, 3.8) is 0 Å². The van der Waals surface area contributed by atoms with Crippen molar-refractivity contribution in [1.82, 2.24) is 9.80 Å². The molecule has 0 aromatic heterocycles. The topological polar surface area (TPSA) is 165 Å². The van der Waals surface area contributed by atoms with Gasteiger partial charge in [0.1, 0.15) is 0 Å². The summed E-state index contributed by atoms with van der Waals surface area (Å²) in [5.74, 6) is -6.97. The summed E-state index contributed by atoms with van der Waals surface area (Å²) in [6.07, 6.45) is -1.01. The first kappa shape index (κ1) is 37.9. The highest BCUT2D eigenvalue weighted by Crippen LogP contribution is 2.46. The van der Waals surface area contributed by atoms with Crippen LogP contribution in [0.1, 0.15) is 57.6 Å². The Bertz CT molecular complexity index is 1210. The number of ether oxygens (including phenoxy) is 1. The molecule has 0 aliphatic carbocycles. The van der Waals surface area contributed by atoms with Crippen molar-refractivity contribution in [3.05, 3.63) is 70.1 Å². The van der Waals surface area contributed by atoms with Gasteiger partial charge >= 0.3 is 30.1 Å². The van der Waals surface area contributed by atoms with Gasteiger partial charge in [-0.2, -0.15) is 13.2 Å². The molecular formula is C30H39F3N2O9. The first-order valence-corrected chi connectivity index (χ1v) is 13.8.